The first-order valence-electron chi connectivity index (χ1n) is 6.03. The minimum atomic E-state index is -4.51. The Morgan fingerprint density at radius 1 is 1.10 bits per heavy atom. The van der Waals surface area contributed by atoms with Gasteiger partial charge in [0.2, 0.25) is 0 Å². The van der Waals surface area contributed by atoms with Crippen molar-refractivity contribution in [1.82, 2.24) is 0 Å². The molecule has 0 spiro atoms. The molecule has 0 atom stereocenters. The smallest absolute Gasteiger partial charge is 0.417 e. The Morgan fingerprint density at radius 2 is 1.76 bits per heavy atom. The quantitative estimate of drug-likeness (QED) is 0.851. The van der Waals surface area contributed by atoms with Crippen LogP contribution in [0.1, 0.15) is 16.7 Å². The largest absolute Gasteiger partial charge is 0.457 e. The van der Waals surface area contributed by atoms with E-state index in [4.69, 9.17) is 10.5 Å². The van der Waals surface area contributed by atoms with E-state index in [9.17, 15) is 13.2 Å². The molecule has 0 heterocycles. The molecule has 0 aromatic heterocycles. The molecule has 0 radical (unpaired) electrons. The average molecular weight is 311 g/mol. The Labute approximate surface area is 125 Å². The van der Waals surface area contributed by atoms with Crippen LogP contribution in [0.3, 0.4) is 0 Å². The summed E-state index contributed by atoms with van der Waals surface area (Å²) >= 11 is 4.69. The van der Waals surface area contributed by atoms with E-state index in [2.05, 4.69) is 12.2 Å². The molecular formula is C15H12F3NOS. The van der Waals surface area contributed by atoms with Crippen molar-refractivity contribution in [3.63, 3.8) is 0 Å². The van der Waals surface area contributed by atoms with Crippen molar-refractivity contribution in [2.24, 2.45) is 5.73 Å². The van der Waals surface area contributed by atoms with Crippen LogP contribution in [-0.2, 0) is 6.18 Å². The van der Waals surface area contributed by atoms with Crippen LogP contribution in [0, 0.1) is 6.92 Å². The lowest BCUT2D eigenvalue weighted by molar-refractivity contribution is -0.137. The number of nitrogens with two attached hydrogens (primary N) is 1. The van der Waals surface area contributed by atoms with Gasteiger partial charge in [-0.05, 0) is 42.8 Å². The number of rotatable bonds is 3. The first-order chi connectivity index (χ1) is 9.77. The Bertz CT molecular complexity index is 683. The summed E-state index contributed by atoms with van der Waals surface area (Å²) in [4.78, 5) is -0.322. The fraction of sp³-hybridized carbons (Fsp3) is 0.133. The summed E-state index contributed by atoms with van der Waals surface area (Å²) in [6.45, 7) is 1.89. The van der Waals surface area contributed by atoms with Crippen molar-refractivity contribution in [2.45, 2.75) is 13.1 Å². The van der Waals surface area contributed by atoms with E-state index in [1.165, 1.54) is 12.1 Å². The maximum Gasteiger partial charge on any atom is 0.417 e. The maximum absolute atomic E-state index is 12.9. The number of alkyl halides is 3. The fourth-order valence-electron chi connectivity index (χ4n) is 1.85. The number of hydrogen-bond acceptors (Lipinski definition) is 2. The molecule has 0 aliphatic heterocycles. The van der Waals surface area contributed by atoms with Gasteiger partial charge in [0.15, 0.2) is 0 Å². The molecule has 0 saturated carbocycles. The minimum Gasteiger partial charge on any atom is -0.457 e. The normalized spacial score (nSPS) is 11.2. The van der Waals surface area contributed by atoms with Crippen LogP contribution in [0.2, 0.25) is 0 Å². The lowest BCUT2D eigenvalue weighted by Gasteiger charge is -2.14. The molecule has 2 aromatic carbocycles. The van der Waals surface area contributed by atoms with Crippen molar-refractivity contribution in [3.8, 4) is 11.5 Å². The van der Waals surface area contributed by atoms with Gasteiger partial charge in [-0.3, -0.25) is 0 Å². The topological polar surface area (TPSA) is 35.2 Å². The van der Waals surface area contributed by atoms with Crippen molar-refractivity contribution >= 4 is 17.2 Å². The number of thiocarbonyl (C=S) groups is 1. The molecule has 2 aromatic rings. The van der Waals surface area contributed by atoms with Crippen molar-refractivity contribution < 1.29 is 17.9 Å². The third kappa shape index (κ3) is 3.72. The minimum absolute atomic E-state index is 0.247. The van der Waals surface area contributed by atoms with Crippen LogP contribution in [0.5, 0.6) is 11.5 Å². The van der Waals surface area contributed by atoms with E-state index in [-0.39, 0.29) is 16.3 Å². The van der Waals surface area contributed by atoms with Gasteiger partial charge >= 0.3 is 6.18 Å². The molecule has 6 heteroatoms. The van der Waals surface area contributed by atoms with Gasteiger partial charge in [-0.25, -0.2) is 0 Å². The molecule has 21 heavy (non-hydrogen) atoms. The van der Waals surface area contributed by atoms with Crippen molar-refractivity contribution in [2.75, 3.05) is 0 Å². The molecule has 0 bridgehead atoms. The molecule has 2 rings (SSSR count). The molecule has 2 N–H and O–H groups in total. The monoisotopic (exact) mass is 311 g/mol. The van der Waals surface area contributed by atoms with Gasteiger partial charge in [-0.2, -0.15) is 13.2 Å². The fourth-order valence-corrected chi connectivity index (χ4v) is 2.02. The average Bonchev–Trinajstić information content (AvgIpc) is 2.37. The summed E-state index contributed by atoms with van der Waals surface area (Å²) in [7, 11) is 0. The molecule has 0 unspecified atom stereocenters. The molecule has 2 nitrogen and oxygen atoms in total. The van der Waals surface area contributed by atoms with Crippen LogP contribution >= 0.6 is 12.2 Å². The van der Waals surface area contributed by atoms with E-state index in [0.717, 1.165) is 11.6 Å². The maximum atomic E-state index is 12.9. The van der Waals surface area contributed by atoms with Gasteiger partial charge in [-0.1, -0.05) is 24.4 Å². The highest BCUT2D eigenvalue weighted by atomic mass is 32.1. The molecule has 0 aliphatic rings. The second-order valence-corrected chi connectivity index (χ2v) is 4.93. The van der Waals surface area contributed by atoms with Gasteiger partial charge < -0.3 is 10.5 Å². The predicted octanol–water partition coefficient (Wildman–Crippen LogP) is 4.44. The summed E-state index contributed by atoms with van der Waals surface area (Å²) in [5.41, 5.74) is 5.24. The zero-order valence-corrected chi connectivity index (χ0v) is 11.9. The van der Waals surface area contributed by atoms with E-state index < -0.39 is 11.7 Å². The number of ether oxygens (including phenoxy) is 1. The summed E-state index contributed by atoms with van der Waals surface area (Å²) in [6, 6.07) is 10.5. The second-order valence-electron chi connectivity index (χ2n) is 4.49. The Balaban J connectivity index is 2.39. The van der Waals surface area contributed by atoms with Crippen LogP contribution in [0.25, 0.3) is 0 Å². The zero-order chi connectivity index (χ0) is 15.6. The Kier molecular flexibility index (Phi) is 4.18. The highest BCUT2D eigenvalue weighted by Crippen LogP contribution is 2.34. The molecule has 0 aliphatic carbocycles. The van der Waals surface area contributed by atoms with Crippen LogP contribution < -0.4 is 10.5 Å². The summed E-state index contributed by atoms with van der Waals surface area (Å²) < 4.78 is 44.1. The highest BCUT2D eigenvalue weighted by molar-refractivity contribution is 7.80. The molecule has 0 fully saturated rings. The molecule has 0 amide bonds. The first-order valence-corrected chi connectivity index (χ1v) is 6.44. The SMILES string of the molecule is Cc1cccc(Oc2ccc(C(F)(F)F)c(C(N)=S)c2)c1. The van der Waals surface area contributed by atoms with E-state index in [1.54, 1.807) is 18.2 Å². The molecule has 0 saturated heterocycles. The summed E-state index contributed by atoms with van der Waals surface area (Å²) in [5, 5.41) is 0. The molecular weight excluding hydrogens is 299 g/mol. The van der Waals surface area contributed by atoms with Gasteiger partial charge in [0, 0.05) is 5.56 Å². The van der Waals surface area contributed by atoms with E-state index >= 15 is 0 Å². The Hall–Kier alpha value is -2.08. The summed E-state index contributed by atoms with van der Waals surface area (Å²) in [6.07, 6.45) is -4.51. The second kappa shape index (κ2) is 5.73. The zero-order valence-electron chi connectivity index (χ0n) is 11.1. The number of aryl methyl sites for hydroxylation is 1. The number of halogens is 3. The van der Waals surface area contributed by atoms with E-state index in [1.807, 2.05) is 13.0 Å². The third-order valence-electron chi connectivity index (χ3n) is 2.79. The van der Waals surface area contributed by atoms with Gasteiger partial charge in [0.1, 0.15) is 16.5 Å². The van der Waals surface area contributed by atoms with Crippen LogP contribution in [-0.4, -0.2) is 4.99 Å². The third-order valence-corrected chi connectivity index (χ3v) is 3.01. The number of benzene rings is 2. The van der Waals surface area contributed by atoms with Gasteiger partial charge in [0.25, 0.3) is 0 Å². The lowest BCUT2D eigenvalue weighted by atomic mass is 10.1. The van der Waals surface area contributed by atoms with E-state index in [0.29, 0.717) is 5.75 Å². The number of hydrogen-bond donors (Lipinski definition) is 1. The highest BCUT2D eigenvalue weighted by Gasteiger charge is 2.34. The predicted molar refractivity (Wildman–Crippen MR) is 78.6 cm³/mol. The van der Waals surface area contributed by atoms with Crippen molar-refractivity contribution in [1.29, 1.82) is 0 Å². The first kappa shape index (κ1) is 15.3. The van der Waals surface area contributed by atoms with Crippen LogP contribution in [0.4, 0.5) is 13.2 Å². The lowest BCUT2D eigenvalue weighted by Crippen LogP contribution is -2.17. The van der Waals surface area contributed by atoms with Gasteiger partial charge in [0.05, 0.1) is 5.56 Å². The summed E-state index contributed by atoms with van der Waals surface area (Å²) in [5.74, 6) is 0.778. The van der Waals surface area contributed by atoms with Crippen molar-refractivity contribution in [3.05, 3.63) is 59.2 Å². The molecule has 110 valence electrons. The Morgan fingerprint density at radius 3 is 2.33 bits per heavy atom. The standard InChI is InChI=1S/C15H12F3NOS/c1-9-3-2-4-10(7-9)20-11-5-6-13(15(16,17)18)12(8-11)14(19)21/h2-8H,1H3,(H2,19,21). The van der Waals surface area contributed by atoms with Gasteiger partial charge in [-0.15, -0.1) is 0 Å². The van der Waals surface area contributed by atoms with Crippen LogP contribution in [0.15, 0.2) is 42.5 Å².